The maximum absolute atomic E-state index is 11.4. The first-order valence-electron chi connectivity index (χ1n) is 5.36. The molecule has 1 aromatic carbocycles. The second-order valence-electron chi connectivity index (χ2n) is 3.71. The van der Waals surface area contributed by atoms with Gasteiger partial charge in [-0.15, -0.1) is 0 Å². The first-order chi connectivity index (χ1) is 8.65. The van der Waals surface area contributed by atoms with Gasteiger partial charge >= 0.3 is 6.16 Å². The summed E-state index contributed by atoms with van der Waals surface area (Å²) < 4.78 is 14.9. The van der Waals surface area contributed by atoms with Gasteiger partial charge in [0.05, 0.1) is 18.1 Å². The number of hydrogen-bond donors (Lipinski definition) is 0. The minimum atomic E-state index is -0.834. The van der Waals surface area contributed by atoms with Crippen LogP contribution in [0.25, 0.3) is 0 Å². The fraction of sp³-hybridized carbons (Fsp3) is 0.364. The van der Waals surface area contributed by atoms with E-state index in [0.29, 0.717) is 19.6 Å². The number of carbonyl (C=O) groups is 1. The van der Waals surface area contributed by atoms with Crippen molar-refractivity contribution in [1.82, 2.24) is 0 Å². The summed E-state index contributed by atoms with van der Waals surface area (Å²) in [6.07, 6.45) is -0.468. The summed E-state index contributed by atoms with van der Waals surface area (Å²) in [6.45, 7) is 0.935. The first-order valence-corrected chi connectivity index (χ1v) is 5.36. The lowest BCUT2D eigenvalue weighted by Gasteiger charge is -2.09. The predicted molar refractivity (Wildman–Crippen MR) is 59.4 cm³/mol. The molecule has 7 nitrogen and oxygen atoms in total. The summed E-state index contributed by atoms with van der Waals surface area (Å²) in [7, 11) is 0. The van der Waals surface area contributed by atoms with Crippen LogP contribution < -0.4 is 4.74 Å². The molecule has 1 heterocycles. The molecule has 1 aliphatic rings. The van der Waals surface area contributed by atoms with E-state index in [1.165, 1.54) is 24.3 Å². The molecule has 1 saturated heterocycles. The molecule has 0 N–H and O–H groups in total. The maximum atomic E-state index is 11.4. The Morgan fingerprint density at radius 1 is 1.39 bits per heavy atom. The van der Waals surface area contributed by atoms with Crippen molar-refractivity contribution in [1.29, 1.82) is 0 Å². The molecule has 0 saturated carbocycles. The van der Waals surface area contributed by atoms with Gasteiger partial charge in [-0.25, -0.2) is 4.79 Å². The van der Waals surface area contributed by atoms with Crippen molar-refractivity contribution in [2.75, 3.05) is 13.2 Å². The SMILES string of the molecule is O=C(Oc1ccc([N+](=O)[O-])cc1)O[C@@H]1CCOC1. The van der Waals surface area contributed by atoms with Crippen molar-refractivity contribution in [2.45, 2.75) is 12.5 Å². The molecule has 0 radical (unpaired) electrons. The molecular weight excluding hydrogens is 242 g/mol. The van der Waals surface area contributed by atoms with Crippen LogP contribution in [0.3, 0.4) is 0 Å². The molecule has 96 valence electrons. The van der Waals surface area contributed by atoms with Crippen molar-refractivity contribution < 1.29 is 23.9 Å². The molecular formula is C11H11NO6. The highest BCUT2D eigenvalue weighted by atomic mass is 16.7. The van der Waals surface area contributed by atoms with Gasteiger partial charge in [-0.2, -0.15) is 0 Å². The van der Waals surface area contributed by atoms with Gasteiger partial charge in [0.25, 0.3) is 5.69 Å². The monoisotopic (exact) mass is 253 g/mol. The molecule has 0 aliphatic carbocycles. The molecule has 0 amide bonds. The normalized spacial score (nSPS) is 18.3. The van der Waals surface area contributed by atoms with Crippen LogP contribution in [0, 0.1) is 10.1 Å². The van der Waals surface area contributed by atoms with Crippen LogP contribution in [0.1, 0.15) is 6.42 Å². The van der Waals surface area contributed by atoms with Gasteiger partial charge in [-0.3, -0.25) is 10.1 Å². The Balaban J connectivity index is 1.88. The second-order valence-corrected chi connectivity index (χ2v) is 3.71. The highest BCUT2D eigenvalue weighted by Gasteiger charge is 2.21. The highest BCUT2D eigenvalue weighted by molar-refractivity contribution is 5.64. The van der Waals surface area contributed by atoms with Gasteiger partial charge in [-0.1, -0.05) is 0 Å². The van der Waals surface area contributed by atoms with Crippen molar-refractivity contribution in [2.24, 2.45) is 0 Å². The lowest BCUT2D eigenvalue weighted by molar-refractivity contribution is -0.384. The predicted octanol–water partition coefficient (Wildman–Crippen LogP) is 1.90. The van der Waals surface area contributed by atoms with Crippen LogP contribution in [-0.4, -0.2) is 30.4 Å². The first kappa shape index (κ1) is 12.3. The minimum absolute atomic E-state index is 0.0695. The van der Waals surface area contributed by atoms with E-state index in [4.69, 9.17) is 14.2 Å². The zero-order valence-electron chi connectivity index (χ0n) is 9.40. The van der Waals surface area contributed by atoms with E-state index in [2.05, 4.69) is 0 Å². The Labute approximate surface area is 102 Å². The number of non-ortho nitro benzene ring substituents is 1. The number of nitrogens with zero attached hydrogens (tertiary/aromatic N) is 1. The Morgan fingerprint density at radius 3 is 2.67 bits per heavy atom. The molecule has 1 aliphatic heterocycles. The topological polar surface area (TPSA) is 87.9 Å². The number of nitro benzene ring substituents is 1. The molecule has 1 atom stereocenters. The van der Waals surface area contributed by atoms with Crippen LogP contribution in [0.4, 0.5) is 10.5 Å². The Morgan fingerprint density at radius 2 is 2.11 bits per heavy atom. The standard InChI is InChI=1S/C11H11NO6/c13-11(18-10-5-6-16-7-10)17-9-3-1-8(2-4-9)12(14)15/h1-4,10H,5-7H2/t10-/m1/s1. The number of carbonyl (C=O) groups excluding carboxylic acids is 1. The summed E-state index contributed by atoms with van der Waals surface area (Å²) >= 11 is 0. The smallest absolute Gasteiger partial charge is 0.428 e. The van der Waals surface area contributed by atoms with Crippen LogP contribution in [0.5, 0.6) is 5.75 Å². The fourth-order valence-corrected chi connectivity index (χ4v) is 1.50. The summed E-state index contributed by atoms with van der Waals surface area (Å²) in [5, 5.41) is 10.4. The van der Waals surface area contributed by atoms with Gasteiger partial charge in [0.2, 0.25) is 0 Å². The average Bonchev–Trinajstić information content (AvgIpc) is 2.82. The van der Waals surface area contributed by atoms with Gasteiger partial charge in [0.15, 0.2) is 0 Å². The number of nitro groups is 1. The zero-order valence-corrected chi connectivity index (χ0v) is 9.40. The number of ether oxygens (including phenoxy) is 3. The molecule has 2 rings (SSSR count). The summed E-state index contributed by atoms with van der Waals surface area (Å²) in [6, 6.07) is 5.18. The highest BCUT2D eigenvalue weighted by Crippen LogP contribution is 2.18. The quantitative estimate of drug-likeness (QED) is 0.354. The Kier molecular flexibility index (Phi) is 3.73. The van der Waals surface area contributed by atoms with Gasteiger partial charge in [0.1, 0.15) is 11.9 Å². The van der Waals surface area contributed by atoms with Gasteiger partial charge < -0.3 is 14.2 Å². The van der Waals surface area contributed by atoms with E-state index in [1.54, 1.807) is 0 Å². The summed E-state index contributed by atoms with van der Waals surface area (Å²) in [5.41, 5.74) is -0.0695. The van der Waals surface area contributed by atoms with Crippen molar-refractivity contribution in [3.05, 3.63) is 34.4 Å². The largest absolute Gasteiger partial charge is 0.514 e. The maximum Gasteiger partial charge on any atom is 0.514 e. The van der Waals surface area contributed by atoms with E-state index >= 15 is 0 Å². The van der Waals surface area contributed by atoms with Crippen molar-refractivity contribution in [3.63, 3.8) is 0 Å². The lowest BCUT2D eigenvalue weighted by atomic mass is 10.3. The van der Waals surface area contributed by atoms with E-state index in [9.17, 15) is 14.9 Å². The molecule has 0 aromatic heterocycles. The molecule has 1 fully saturated rings. The van der Waals surface area contributed by atoms with Gasteiger partial charge in [0, 0.05) is 18.6 Å². The summed E-state index contributed by atoms with van der Waals surface area (Å²) in [5.74, 6) is 0.199. The van der Waals surface area contributed by atoms with Crippen molar-refractivity contribution in [3.8, 4) is 5.75 Å². The van der Waals surface area contributed by atoms with E-state index in [1.807, 2.05) is 0 Å². The molecule has 0 spiro atoms. The van der Waals surface area contributed by atoms with Gasteiger partial charge in [-0.05, 0) is 12.1 Å². The van der Waals surface area contributed by atoms with E-state index < -0.39 is 11.1 Å². The van der Waals surface area contributed by atoms with Crippen LogP contribution >= 0.6 is 0 Å². The van der Waals surface area contributed by atoms with E-state index in [-0.39, 0.29) is 17.5 Å². The molecule has 0 bridgehead atoms. The van der Waals surface area contributed by atoms with E-state index in [0.717, 1.165) is 0 Å². The Bertz CT molecular complexity index is 437. The van der Waals surface area contributed by atoms with Crippen LogP contribution in [-0.2, 0) is 9.47 Å². The molecule has 18 heavy (non-hydrogen) atoms. The third-order valence-corrected chi connectivity index (χ3v) is 2.40. The summed E-state index contributed by atoms with van der Waals surface area (Å²) in [4.78, 5) is 21.2. The average molecular weight is 253 g/mol. The molecule has 7 heteroatoms. The van der Waals surface area contributed by atoms with Crippen molar-refractivity contribution >= 4 is 11.8 Å². The minimum Gasteiger partial charge on any atom is -0.428 e. The zero-order chi connectivity index (χ0) is 13.0. The third kappa shape index (κ3) is 3.17. The second kappa shape index (κ2) is 5.46. The third-order valence-electron chi connectivity index (χ3n) is 2.40. The number of rotatable bonds is 3. The van der Waals surface area contributed by atoms with Crippen LogP contribution in [0.2, 0.25) is 0 Å². The van der Waals surface area contributed by atoms with Crippen LogP contribution in [0.15, 0.2) is 24.3 Å². The number of benzene rings is 1. The Hall–Kier alpha value is -2.15. The lowest BCUT2D eigenvalue weighted by Crippen LogP contribution is -2.20. The molecule has 0 unspecified atom stereocenters. The molecule has 1 aromatic rings. The fourth-order valence-electron chi connectivity index (χ4n) is 1.50. The number of hydrogen-bond acceptors (Lipinski definition) is 6.